The second-order valence-electron chi connectivity index (χ2n) is 6.53. The molecule has 0 saturated carbocycles. The van der Waals surface area contributed by atoms with E-state index in [1.54, 1.807) is 6.07 Å². The average Bonchev–Trinajstić information content (AvgIpc) is 2.55. The number of aliphatic carboxylic acids is 1. The van der Waals surface area contributed by atoms with Crippen LogP contribution in [0.25, 0.3) is 0 Å². The Bertz CT molecular complexity index is 780. The highest BCUT2D eigenvalue weighted by Gasteiger charge is 2.37. The summed E-state index contributed by atoms with van der Waals surface area (Å²) >= 11 is 0. The van der Waals surface area contributed by atoms with Crippen molar-refractivity contribution in [2.75, 3.05) is 13.1 Å². The number of benzene rings is 1. The molecule has 1 aromatic rings. The zero-order valence-corrected chi connectivity index (χ0v) is 14.3. The zero-order chi connectivity index (χ0) is 19.7. The third kappa shape index (κ3) is 3.98. The Balaban J connectivity index is 1.67. The van der Waals surface area contributed by atoms with Crippen LogP contribution in [0.3, 0.4) is 0 Å². The average molecular weight is 378 g/mol. The maximum absolute atomic E-state index is 12.0. The molecule has 2 heterocycles. The molecule has 0 aliphatic carbocycles. The van der Waals surface area contributed by atoms with Crippen LogP contribution in [-0.2, 0) is 16.0 Å². The van der Waals surface area contributed by atoms with Crippen molar-refractivity contribution in [2.45, 2.75) is 31.3 Å². The van der Waals surface area contributed by atoms with Crippen LogP contribution in [0.15, 0.2) is 12.1 Å². The number of nitrogens with two attached hydrogens (primary N) is 1. The number of carboxylic acids is 2. The highest BCUT2D eigenvalue weighted by molar-refractivity contribution is 6.44. The van der Waals surface area contributed by atoms with Gasteiger partial charge in [-0.25, -0.2) is 4.79 Å². The lowest BCUT2D eigenvalue weighted by Gasteiger charge is -2.40. The van der Waals surface area contributed by atoms with Gasteiger partial charge in [0.25, 0.3) is 0 Å². The second kappa shape index (κ2) is 7.45. The molecule has 1 amide bonds. The molecule has 2 aliphatic rings. The fraction of sp³-hybridized carbons (Fsp3) is 0.438. The van der Waals surface area contributed by atoms with Crippen LogP contribution < -0.4 is 15.1 Å². The van der Waals surface area contributed by atoms with E-state index in [0.29, 0.717) is 18.3 Å². The zero-order valence-electron chi connectivity index (χ0n) is 14.3. The number of carbonyl (C=O) groups is 3. The fourth-order valence-corrected chi connectivity index (χ4v) is 3.10. The number of amides is 1. The predicted octanol–water partition coefficient (Wildman–Crippen LogP) is -0.808. The number of rotatable bonds is 6. The number of aryl methyl sites for hydroxylation is 1. The number of hydrogen-bond donors (Lipinski definition) is 4. The summed E-state index contributed by atoms with van der Waals surface area (Å²) in [6, 6.07) is 2.09. The van der Waals surface area contributed by atoms with Crippen LogP contribution in [0.2, 0.25) is 6.32 Å². The van der Waals surface area contributed by atoms with Crippen molar-refractivity contribution in [3.05, 3.63) is 23.3 Å². The van der Waals surface area contributed by atoms with Crippen molar-refractivity contribution < 1.29 is 39.0 Å². The highest BCUT2D eigenvalue weighted by atomic mass is 16.5. The minimum Gasteiger partial charge on any atom is -0.535 e. The first-order valence-electron chi connectivity index (χ1n) is 8.43. The molecule has 27 heavy (non-hydrogen) atoms. The van der Waals surface area contributed by atoms with Crippen LogP contribution >= 0.6 is 0 Å². The molecule has 0 radical (unpaired) electrons. The van der Waals surface area contributed by atoms with Gasteiger partial charge in [-0.15, -0.1) is 0 Å². The summed E-state index contributed by atoms with van der Waals surface area (Å²) in [6.45, 7) is 0.345. The molecule has 0 bridgehead atoms. The smallest absolute Gasteiger partial charge is 0.522 e. The van der Waals surface area contributed by atoms with E-state index >= 15 is 0 Å². The molecule has 10 nitrogen and oxygen atoms in total. The summed E-state index contributed by atoms with van der Waals surface area (Å²) in [4.78, 5) is 35.7. The lowest BCUT2D eigenvalue weighted by molar-refractivity contribution is -0.146. The first-order chi connectivity index (χ1) is 12.8. The van der Waals surface area contributed by atoms with Crippen molar-refractivity contribution >= 4 is 25.0 Å². The fourth-order valence-electron chi connectivity index (χ4n) is 3.10. The molecular weight excluding hydrogens is 359 g/mol. The number of nitrogens with zero attached hydrogens (tertiary/aromatic N) is 1. The highest BCUT2D eigenvalue weighted by Crippen LogP contribution is 2.37. The summed E-state index contributed by atoms with van der Waals surface area (Å²) < 4.78 is 11.0. The SMILES string of the molecule is NC(CC(=O)O)C(=O)N1CC(Oc2ccc3c(c2C(=O)O)OB(O)CC3)C1. The van der Waals surface area contributed by atoms with E-state index in [1.807, 2.05) is 0 Å². The van der Waals surface area contributed by atoms with Gasteiger partial charge in [0, 0.05) is 0 Å². The van der Waals surface area contributed by atoms with E-state index in [9.17, 15) is 24.5 Å². The summed E-state index contributed by atoms with van der Waals surface area (Å²) in [6.07, 6.45) is -0.0444. The van der Waals surface area contributed by atoms with Crippen LogP contribution in [0.5, 0.6) is 11.5 Å². The van der Waals surface area contributed by atoms with E-state index in [-0.39, 0.29) is 30.2 Å². The van der Waals surface area contributed by atoms with E-state index in [0.717, 1.165) is 0 Å². The summed E-state index contributed by atoms with van der Waals surface area (Å²) in [5.41, 5.74) is 6.06. The quantitative estimate of drug-likeness (QED) is 0.464. The Morgan fingerprint density at radius 2 is 2.04 bits per heavy atom. The number of likely N-dealkylation sites (tertiary alicyclic amines) is 1. The van der Waals surface area contributed by atoms with Gasteiger partial charge in [-0.1, -0.05) is 6.07 Å². The molecule has 1 unspecified atom stereocenters. The molecule has 1 atom stereocenters. The molecule has 3 rings (SSSR count). The van der Waals surface area contributed by atoms with Crippen molar-refractivity contribution in [1.29, 1.82) is 0 Å². The largest absolute Gasteiger partial charge is 0.535 e. The Labute approximate surface area is 154 Å². The number of carbonyl (C=O) groups excluding carboxylic acids is 1. The maximum atomic E-state index is 12.0. The lowest BCUT2D eigenvalue weighted by atomic mass is 9.78. The van der Waals surface area contributed by atoms with Gasteiger partial charge in [0.1, 0.15) is 23.2 Å². The molecule has 144 valence electrons. The van der Waals surface area contributed by atoms with Gasteiger partial charge in [-0.2, -0.15) is 0 Å². The van der Waals surface area contributed by atoms with Gasteiger partial charge in [-0.3, -0.25) is 9.59 Å². The molecule has 2 aliphatic heterocycles. The Kier molecular flexibility index (Phi) is 5.24. The van der Waals surface area contributed by atoms with E-state index in [4.69, 9.17) is 20.2 Å². The summed E-state index contributed by atoms with van der Waals surface area (Å²) in [5.74, 6) is -2.72. The second-order valence-corrected chi connectivity index (χ2v) is 6.53. The Morgan fingerprint density at radius 3 is 2.67 bits per heavy atom. The first-order valence-corrected chi connectivity index (χ1v) is 8.43. The first kappa shape index (κ1) is 19.0. The molecule has 1 fully saturated rings. The van der Waals surface area contributed by atoms with Crippen molar-refractivity contribution in [1.82, 2.24) is 4.90 Å². The van der Waals surface area contributed by atoms with Gasteiger partial charge >= 0.3 is 19.1 Å². The lowest BCUT2D eigenvalue weighted by Crippen LogP contribution is -2.60. The van der Waals surface area contributed by atoms with E-state index < -0.39 is 43.5 Å². The van der Waals surface area contributed by atoms with Gasteiger partial charge < -0.3 is 35.3 Å². The minimum atomic E-state index is -1.24. The number of fused-ring (bicyclic) bond motifs is 1. The molecule has 5 N–H and O–H groups in total. The van der Waals surface area contributed by atoms with Crippen LogP contribution in [-0.4, -0.2) is 70.3 Å². The maximum Gasteiger partial charge on any atom is 0.522 e. The van der Waals surface area contributed by atoms with Gasteiger partial charge in [0.05, 0.1) is 25.6 Å². The topological polar surface area (TPSA) is 160 Å². The van der Waals surface area contributed by atoms with Crippen LogP contribution in [0.1, 0.15) is 22.3 Å². The van der Waals surface area contributed by atoms with E-state index in [2.05, 4.69) is 0 Å². The predicted molar refractivity (Wildman–Crippen MR) is 91.7 cm³/mol. The normalized spacial score (nSPS) is 17.4. The third-order valence-corrected chi connectivity index (χ3v) is 4.49. The van der Waals surface area contributed by atoms with Gasteiger partial charge in [0.15, 0.2) is 0 Å². The molecular formula is C16H19BN2O8. The van der Waals surface area contributed by atoms with Crippen molar-refractivity contribution in [3.63, 3.8) is 0 Å². The standard InChI is InChI=1S/C16H19BN2O8/c18-10(5-12(20)21)15(22)19-6-9(7-19)26-11-2-1-8-3-4-17(25)27-14(8)13(11)16(23)24/h1-2,9-10,25H,3-7,18H2,(H,20,21)(H,23,24). The number of carboxylic acid groups (broad SMARTS) is 2. The van der Waals surface area contributed by atoms with Crippen LogP contribution in [0, 0.1) is 0 Å². The molecule has 11 heteroatoms. The third-order valence-electron chi connectivity index (χ3n) is 4.49. The molecule has 1 saturated heterocycles. The Morgan fingerprint density at radius 1 is 1.33 bits per heavy atom. The summed E-state index contributed by atoms with van der Waals surface area (Å²) in [7, 11) is -1.07. The summed E-state index contributed by atoms with van der Waals surface area (Å²) in [5, 5.41) is 27.9. The van der Waals surface area contributed by atoms with Gasteiger partial charge in [-0.05, 0) is 24.4 Å². The van der Waals surface area contributed by atoms with Crippen molar-refractivity contribution in [3.8, 4) is 11.5 Å². The van der Waals surface area contributed by atoms with Gasteiger partial charge in [0.2, 0.25) is 5.91 Å². The van der Waals surface area contributed by atoms with E-state index in [1.165, 1.54) is 11.0 Å². The number of aromatic carboxylic acids is 1. The van der Waals surface area contributed by atoms with Crippen molar-refractivity contribution in [2.24, 2.45) is 5.73 Å². The molecule has 1 aromatic carbocycles. The monoisotopic (exact) mass is 378 g/mol. The Hall–Kier alpha value is -2.79. The number of ether oxygens (including phenoxy) is 1. The molecule has 0 spiro atoms. The van der Waals surface area contributed by atoms with Crippen LogP contribution in [0.4, 0.5) is 0 Å². The molecule has 0 aromatic heterocycles. The number of hydrogen-bond acceptors (Lipinski definition) is 7. The minimum absolute atomic E-state index is 0.0854.